The highest BCUT2D eigenvalue weighted by atomic mass is 16.3. The van der Waals surface area contributed by atoms with Crippen LogP contribution in [-0.4, -0.2) is 23.9 Å². The third-order valence-electron chi connectivity index (χ3n) is 12.9. The molecule has 0 saturated carbocycles. The third kappa shape index (κ3) is 4.91. The van der Waals surface area contributed by atoms with E-state index >= 15 is 0 Å². The molecule has 0 aliphatic carbocycles. The Hall–Kier alpha value is -8.61. The molecule has 0 bridgehead atoms. The summed E-state index contributed by atoms with van der Waals surface area (Å²) in [6, 6.07) is 70.6. The summed E-state index contributed by atoms with van der Waals surface area (Å²) in [5.74, 6) is 1.79. The summed E-state index contributed by atoms with van der Waals surface area (Å²) >= 11 is 0. The standard InChI is InChI=1S/C57H33N5O/c1-3-14-34(15-4-1)35-26-28-37(29-27-35)56-58-55(36-16-5-2-6-17-36)59-57(60-56)43-30-31-48(54-52(43)42-20-9-12-25-51(42)63-54)61-46-23-10-8-19-39(46)44-32-45-41-22-13-21-40-38-18-7-11-24-47(38)62(53(40)41)50(45)33-49(44)61/h1-33H. The highest BCUT2D eigenvalue weighted by Crippen LogP contribution is 2.45. The van der Waals surface area contributed by atoms with Crippen LogP contribution in [0.4, 0.5) is 0 Å². The smallest absolute Gasteiger partial charge is 0.164 e. The number of aromatic nitrogens is 5. The molecule has 0 unspecified atom stereocenters. The molecule has 0 spiro atoms. The van der Waals surface area contributed by atoms with Gasteiger partial charge in [-0.25, -0.2) is 15.0 Å². The van der Waals surface area contributed by atoms with Gasteiger partial charge in [-0.3, -0.25) is 0 Å². The van der Waals surface area contributed by atoms with Gasteiger partial charge in [0.1, 0.15) is 5.58 Å². The lowest BCUT2D eigenvalue weighted by Gasteiger charge is -2.13. The van der Waals surface area contributed by atoms with Gasteiger partial charge < -0.3 is 13.4 Å². The quantitative estimate of drug-likeness (QED) is 0.174. The van der Waals surface area contributed by atoms with E-state index in [-0.39, 0.29) is 0 Å². The first-order valence-corrected chi connectivity index (χ1v) is 21.3. The maximum Gasteiger partial charge on any atom is 0.164 e. The molecule has 9 aromatic carbocycles. The third-order valence-corrected chi connectivity index (χ3v) is 12.9. The fourth-order valence-electron chi connectivity index (χ4n) is 10.1. The number of hydrogen-bond donors (Lipinski definition) is 0. The van der Waals surface area contributed by atoms with Crippen LogP contribution in [0.2, 0.25) is 0 Å². The maximum absolute atomic E-state index is 6.99. The first-order chi connectivity index (χ1) is 31.2. The summed E-state index contributed by atoms with van der Waals surface area (Å²) < 4.78 is 11.8. The first-order valence-electron chi connectivity index (χ1n) is 21.3. The van der Waals surface area contributed by atoms with Crippen LogP contribution in [0.15, 0.2) is 205 Å². The molecule has 0 saturated heterocycles. The average Bonchev–Trinajstić information content (AvgIpc) is 4.10. The molecule has 5 aromatic heterocycles. The second kappa shape index (κ2) is 12.9. The van der Waals surface area contributed by atoms with Crippen molar-refractivity contribution in [3.63, 3.8) is 0 Å². The zero-order chi connectivity index (χ0) is 41.2. The van der Waals surface area contributed by atoms with Crippen molar-refractivity contribution in [2.75, 3.05) is 0 Å². The van der Waals surface area contributed by atoms with Crippen LogP contribution in [0.1, 0.15) is 0 Å². The summed E-state index contributed by atoms with van der Waals surface area (Å²) in [6.45, 7) is 0. The molecular weight excluding hydrogens is 771 g/mol. The lowest BCUT2D eigenvalue weighted by Crippen LogP contribution is -2.01. The fraction of sp³-hybridized carbons (Fsp3) is 0. The number of benzene rings is 9. The summed E-state index contributed by atoms with van der Waals surface area (Å²) in [4.78, 5) is 15.6. The molecule has 0 amide bonds. The molecular formula is C57H33N5O. The van der Waals surface area contributed by atoms with Crippen molar-refractivity contribution in [1.29, 1.82) is 0 Å². The van der Waals surface area contributed by atoms with E-state index in [1.807, 2.05) is 48.5 Å². The van der Waals surface area contributed by atoms with E-state index in [1.54, 1.807) is 0 Å². The van der Waals surface area contributed by atoms with Crippen molar-refractivity contribution in [3.8, 4) is 51.0 Å². The maximum atomic E-state index is 6.99. The van der Waals surface area contributed by atoms with Gasteiger partial charge in [-0.05, 0) is 53.6 Å². The van der Waals surface area contributed by atoms with Gasteiger partial charge in [-0.1, -0.05) is 158 Å². The SMILES string of the molecule is c1ccc(-c2ccc(-c3nc(-c4ccccc4)nc(-c4ccc(-n5c6ccccc6c6cc7c8cccc9c%10ccccc%10n(c7cc65)c98)c5oc6ccccc6c45)n3)cc2)cc1. The Morgan fingerprint density at radius 2 is 0.889 bits per heavy atom. The van der Waals surface area contributed by atoms with Crippen LogP contribution in [-0.2, 0) is 0 Å². The number of rotatable bonds is 5. The second-order valence-electron chi connectivity index (χ2n) is 16.3. The van der Waals surface area contributed by atoms with E-state index in [4.69, 9.17) is 19.4 Å². The van der Waals surface area contributed by atoms with Crippen molar-refractivity contribution in [2.45, 2.75) is 0 Å². The molecule has 0 aliphatic rings. The number of hydrogen-bond acceptors (Lipinski definition) is 4. The van der Waals surface area contributed by atoms with Crippen LogP contribution in [0, 0.1) is 0 Å². The minimum atomic E-state index is 0.579. The van der Waals surface area contributed by atoms with E-state index < -0.39 is 0 Å². The van der Waals surface area contributed by atoms with Gasteiger partial charge >= 0.3 is 0 Å². The van der Waals surface area contributed by atoms with Gasteiger partial charge in [-0.2, -0.15) is 0 Å². The predicted molar refractivity (Wildman–Crippen MR) is 258 cm³/mol. The van der Waals surface area contributed by atoms with Crippen LogP contribution >= 0.6 is 0 Å². The Morgan fingerprint density at radius 1 is 0.349 bits per heavy atom. The predicted octanol–water partition coefficient (Wildman–Crippen LogP) is 14.7. The van der Waals surface area contributed by atoms with E-state index in [2.05, 4.69) is 161 Å². The summed E-state index contributed by atoms with van der Waals surface area (Å²) in [7, 11) is 0. The Kier molecular flexibility index (Phi) is 7.02. The molecule has 14 rings (SSSR count). The number of fused-ring (bicyclic) bond motifs is 12. The lowest BCUT2D eigenvalue weighted by molar-refractivity contribution is 0.666. The summed E-state index contributed by atoms with van der Waals surface area (Å²) in [6.07, 6.45) is 0. The van der Waals surface area contributed by atoms with Crippen molar-refractivity contribution < 1.29 is 4.42 Å². The van der Waals surface area contributed by atoms with Crippen molar-refractivity contribution in [1.82, 2.24) is 23.9 Å². The average molecular weight is 804 g/mol. The molecule has 5 heterocycles. The van der Waals surface area contributed by atoms with Crippen molar-refractivity contribution >= 4 is 81.8 Å². The minimum absolute atomic E-state index is 0.579. The Labute approximate surface area is 359 Å². The highest BCUT2D eigenvalue weighted by Gasteiger charge is 2.25. The largest absolute Gasteiger partial charge is 0.454 e. The molecule has 6 nitrogen and oxygen atoms in total. The van der Waals surface area contributed by atoms with Crippen LogP contribution in [0.25, 0.3) is 133 Å². The Morgan fingerprint density at radius 3 is 1.65 bits per heavy atom. The van der Waals surface area contributed by atoms with Gasteiger partial charge in [-0.15, -0.1) is 0 Å². The molecule has 0 aliphatic heterocycles. The van der Waals surface area contributed by atoms with E-state index in [1.165, 1.54) is 48.9 Å². The molecule has 292 valence electrons. The van der Waals surface area contributed by atoms with Crippen molar-refractivity contribution in [2.24, 2.45) is 0 Å². The zero-order valence-corrected chi connectivity index (χ0v) is 33.7. The molecule has 0 atom stereocenters. The first kappa shape index (κ1) is 34.1. The molecule has 14 aromatic rings. The van der Waals surface area contributed by atoms with Gasteiger partial charge in [0, 0.05) is 59.8 Å². The van der Waals surface area contributed by atoms with E-state index in [0.717, 1.165) is 66.5 Å². The Balaban J connectivity index is 1.03. The second-order valence-corrected chi connectivity index (χ2v) is 16.3. The van der Waals surface area contributed by atoms with Gasteiger partial charge in [0.15, 0.2) is 23.1 Å². The van der Waals surface area contributed by atoms with Gasteiger partial charge in [0.25, 0.3) is 0 Å². The number of furan rings is 1. The monoisotopic (exact) mass is 803 g/mol. The van der Waals surface area contributed by atoms with Crippen LogP contribution in [0.5, 0.6) is 0 Å². The zero-order valence-electron chi connectivity index (χ0n) is 33.7. The number of para-hydroxylation sites is 4. The van der Waals surface area contributed by atoms with E-state index in [0.29, 0.717) is 17.5 Å². The molecule has 0 fully saturated rings. The topological polar surface area (TPSA) is 61.2 Å². The minimum Gasteiger partial charge on any atom is -0.454 e. The fourth-order valence-corrected chi connectivity index (χ4v) is 10.1. The normalized spacial score (nSPS) is 12.1. The number of nitrogens with zero attached hydrogens (tertiary/aromatic N) is 5. The molecule has 0 N–H and O–H groups in total. The molecule has 63 heavy (non-hydrogen) atoms. The van der Waals surface area contributed by atoms with Crippen molar-refractivity contribution in [3.05, 3.63) is 200 Å². The lowest BCUT2D eigenvalue weighted by atomic mass is 10.0. The van der Waals surface area contributed by atoms with Gasteiger partial charge in [0.05, 0.1) is 33.3 Å². The Bertz CT molecular complexity index is 4130. The highest BCUT2D eigenvalue weighted by molar-refractivity contribution is 6.26. The summed E-state index contributed by atoms with van der Waals surface area (Å²) in [5.41, 5.74) is 13.4. The van der Waals surface area contributed by atoms with Gasteiger partial charge in [0.2, 0.25) is 0 Å². The van der Waals surface area contributed by atoms with E-state index in [9.17, 15) is 0 Å². The van der Waals surface area contributed by atoms with Crippen LogP contribution < -0.4 is 0 Å². The molecule has 0 radical (unpaired) electrons. The molecule has 6 heteroatoms. The summed E-state index contributed by atoms with van der Waals surface area (Å²) in [5, 5.41) is 9.38. The van der Waals surface area contributed by atoms with Crippen LogP contribution in [0.3, 0.4) is 0 Å².